The van der Waals surface area contributed by atoms with Crippen molar-refractivity contribution < 1.29 is 8.42 Å². The van der Waals surface area contributed by atoms with E-state index in [2.05, 4.69) is 25.8 Å². The summed E-state index contributed by atoms with van der Waals surface area (Å²) in [5.74, 6) is 0.454. The van der Waals surface area contributed by atoms with Crippen molar-refractivity contribution in [2.45, 2.75) is 26.2 Å². The van der Waals surface area contributed by atoms with E-state index in [0.29, 0.717) is 5.82 Å². The first-order valence-corrected chi connectivity index (χ1v) is 6.87. The number of hydrogen-bond donors (Lipinski definition) is 0. The summed E-state index contributed by atoms with van der Waals surface area (Å²) in [4.78, 5) is 4.07. The van der Waals surface area contributed by atoms with Crippen LogP contribution in [0.3, 0.4) is 0 Å². The smallest absolute Gasteiger partial charge is 0.233 e. The van der Waals surface area contributed by atoms with Gasteiger partial charge < -0.3 is 0 Å². The van der Waals surface area contributed by atoms with E-state index in [4.69, 9.17) is 0 Å². The van der Waals surface area contributed by atoms with Crippen LogP contribution < -0.4 is 4.31 Å². The fraction of sp³-hybridized carbons (Fsp3) is 0.545. The molecule has 0 radical (unpaired) electrons. The molecule has 0 atom stereocenters. The predicted molar refractivity (Wildman–Crippen MR) is 66.2 cm³/mol. The molecule has 0 aliphatic carbocycles. The van der Waals surface area contributed by atoms with Gasteiger partial charge in [-0.3, -0.25) is 4.31 Å². The SMILES string of the molecule is CN(c1cc(C(C)(C)C)ccn1)S(C)(=O)=O. The van der Waals surface area contributed by atoms with Gasteiger partial charge >= 0.3 is 0 Å². The molecule has 0 aliphatic heterocycles. The molecular weight excluding hydrogens is 224 g/mol. The highest BCUT2D eigenvalue weighted by Gasteiger charge is 2.18. The fourth-order valence-electron chi connectivity index (χ4n) is 1.23. The molecule has 1 heterocycles. The minimum atomic E-state index is -3.25. The number of pyridine rings is 1. The van der Waals surface area contributed by atoms with Crippen molar-refractivity contribution in [1.82, 2.24) is 4.98 Å². The monoisotopic (exact) mass is 242 g/mol. The predicted octanol–water partition coefficient (Wildman–Crippen LogP) is 1.77. The van der Waals surface area contributed by atoms with Crippen LogP contribution in [-0.2, 0) is 15.4 Å². The highest BCUT2D eigenvalue weighted by Crippen LogP contribution is 2.24. The maximum absolute atomic E-state index is 11.4. The lowest BCUT2D eigenvalue weighted by Gasteiger charge is -2.22. The minimum absolute atomic E-state index is 0.0178. The summed E-state index contributed by atoms with van der Waals surface area (Å²) in [6.07, 6.45) is 2.80. The third-order valence-corrected chi connectivity index (χ3v) is 3.61. The van der Waals surface area contributed by atoms with Crippen molar-refractivity contribution in [2.75, 3.05) is 17.6 Å². The Balaban J connectivity index is 3.19. The third kappa shape index (κ3) is 2.95. The van der Waals surface area contributed by atoms with Crippen molar-refractivity contribution in [1.29, 1.82) is 0 Å². The van der Waals surface area contributed by atoms with Gasteiger partial charge in [0.05, 0.1) is 6.26 Å². The molecular formula is C11H18N2O2S. The van der Waals surface area contributed by atoms with Crippen LogP contribution in [0.1, 0.15) is 26.3 Å². The molecule has 0 saturated heterocycles. The standard InChI is InChI=1S/C11H18N2O2S/c1-11(2,3)9-6-7-12-10(8-9)13(4)16(5,14)15/h6-8H,1-5H3. The van der Waals surface area contributed by atoms with Crippen LogP contribution in [0, 0.1) is 0 Å². The number of nitrogens with zero attached hydrogens (tertiary/aromatic N) is 2. The van der Waals surface area contributed by atoms with Crippen molar-refractivity contribution >= 4 is 15.8 Å². The summed E-state index contributed by atoms with van der Waals surface area (Å²) < 4.78 is 23.9. The van der Waals surface area contributed by atoms with Crippen LogP contribution >= 0.6 is 0 Å². The second-order valence-electron chi connectivity index (χ2n) is 4.88. The van der Waals surface area contributed by atoms with Gasteiger partial charge in [0.1, 0.15) is 5.82 Å². The zero-order chi connectivity index (χ0) is 12.6. The van der Waals surface area contributed by atoms with E-state index in [-0.39, 0.29) is 5.41 Å². The van der Waals surface area contributed by atoms with E-state index in [1.165, 1.54) is 17.6 Å². The Kier molecular flexibility index (Phi) is 3.28. The summed E-state index contributed by atoms with van der Waals surface area (Å²) in [7, 11) is -1.74. The summed E-state index contributed by atoms with van der Waals surface area (Å²) in [5.41, 5.74) is 1.05. The fourth-order valence-corrected chi connectivity index (χ4v) is 1.67. The average Bonchev–Trinajstić information content (AvgIpc) is 2.14. The molecule has 1 aromatic rings. The zero-order valence-electron chi connectivity index (χ0n) is 10.4. The van der Waals surface area contributed by atoms with Crippen LogP contribution in [0.25, 0.3) is 0 Å². The van der Waals surface area contributed by atoms with E-state index in [1.807, 2.05) is 6.07 Å². The molecule has 0 N–H and O–H groups in total. The molecule has 90 valence electrons. The van der Waals surface area contributed by atoms with E-state index >= 15 is 0 Å². The molecule has 5 heteroatoms. The first-order chi connectivity index (χ1) is 7.12. The molecule has 0 bridgehead atoms. The lowest BCUT2D eigenvalue weighted by atomic mass is 9.88. The van der Waals surface area contributed by atoms with Gasteiger partial charge in [0.2, 0.25) is 10.0 Å². The topological polar surface area (TPSA) is 50.3 Å². The van der Waals surface area contributed by atoms with Gasteiger partial charge in [-0.15, -0.1) is 0 Å². The summed E-state index contributed by atoms with van der Waals surface area (Å²) in [6.45, 7) is 6.23. The van der Waals surface area contributed by atoms with Gasteiger partial charge in [0, 0.05) is 13.2 Å². The lowest BCUT2D eigenvalue weighted by Crippen LogP contribution is -2.26. The maximum Gasteiger partial charge on any atom is 0.233 e. The summed E-state index contributed by atoms with van der Waals surface area (Å²) in [5, 5.41) is 0. The lowest BCUT2D eigenvalue weighted by molar-refractivity contribution is 0.588. The van der Waals surface area contributed by atoms with Gasteiger partial charge in [0.25, 0.3) is 0 Å². The van der Waals surface area contributed by atoms with Crippen LogP contribution in [0.4, 0.5) is 5.82 Å². The second-order valence-corrected chi connectivity index (χ2v) is 6.90. The van der Waals surface area contributed by atoms with Crippen molar-refractivity contribution in [3.05, 3.63) is 23.9 Å². The number of rotatable bonds is 2. The molecule has 0 aliphatic rings. The number of aromatic nitrogens is 1. The maximum atomic E-state index is 11.4. The van der Waals surface area contributed by atoms with Crippen molar-refractivity contribution in [2.24, 2.45) is 0 Å². The van der Waals surface area contributed by atoms with Gasteiger partial charge in [-0.05, 0) is 23.1 Å². The first kappa shape index (κ1) is 13.0. The van der Waals surface area contributed by atoms with E-state index in [1.54, 1.807) is 12.3 Å². The third-order valence-electron chi connectivity index (χ3n) is 2.43. The zero-order valence-corrected chi connectivity index (χ0v) is 11.2. The molecule has 16 heavy (non-hydrogen) atoms. The molecule has 0 saturated carbocycles. The Morgan fingerprint density at radius 1 is 1.31 bits per heavy atom. The van der Waals surface area contributed by atoms with E-state index < -0.39 is 10.0 Å². The molecule has 1 rings (SSSR count). The quantitative estimate of drug-likeness (QED) is 0.794. The Hall–Kier alpha value is -1.10. The van der Waals surface area contributed by atoms with Crippen LogP contribution in [0.15, 0.2) is 18.3 Å². The van der Waals surface area contributed by atoms with Gasteiger partial charge in [-0.2, -0.15) is 0 Å². The highest BCUT2D eigenvalue weighted by atomic mass is 32.2. The number of sulfonamides is 1. The number of hydrogen-bond acceptors (Lipinski definition) is 3. The second kappa shape index (κ2) is 4.05. The molecule has 1 aromatic heterocycles. The van der Waals surface area contributed by atoms with Crippen LogP contribution in [-0.4, -0.2) is 26.7 Å². The molecule has 0 aromatic carbocycles. The minimum Gasteiger partial charge on any atom is -0.257 e. The van der Waals surface area contributed by atoms with Gasteiger partial charge in [-0.1, -0.05) is 20.8 Å². The molecule has 0 amide bonds. The molecule has 0 spiro atoms. The highest BCUT2D eigenvalue weighted by molar-refractivity contribution is 7.92. The summed E-state index contributed by atoms with van der Waals surface area (Å²) in [6, 6.07) is 3.71. The Morgan fingerprint density at radius 3 is 2.31 bits per heavy atom. The Bertz CT molecular complexity index is 475. The van der Waals surface area contributed by atoms with Crippen molar-refractivity contribution in [3.8, 4) is 0 Å². The molecule has 0 fully saturated rings. The van der Waals surface area contributed by atoms with Gasteiger partial charge in [-0.25, -0.2) is 13.4 Å². The van der Waals surface area contributed by atoms with Crippen LogP contribution in [0.2, 0.25) is 0 Å². The Labute approximate surface area is 97.4 Å². The van der Waals surface area contributed by atoms with Gasteiger partial charge in [0.15, 0.2) is 0 Å². The number of anilines is 1. The van der Waals surface area contributed by atoms with E-state index in [9.17, 15) is 8.42 Å². The Morgan fingerprint density at radius 2 is 1.88 bits per heavy atom. The van der Waals surface area contributed by atoms with Crippen molar-refractivity contribution in [3.63, 3.8) is 0 Å². The molecule has 0 unspecified atom stereocenters. The average molecular weight is 242 g/mol. The van der Waals surface area contributed by atoms with E-state index in [0.717, 1.165) is 5.56 Å². The molecule has 4 nitrogen and oxygen atoms in total. The van der Waals surface area contributed by atoms with Crippen LogP contribution in [0.5, 0.6) is 0 Å². The first-order valence-electron chi connectivity index (χ1n) is 5.03. The largest absolute Gasteiger partial charge is 0.257 e. The summed E-state index contributed by atoms with van der Waals surface area (Å²) >= 11 is 0. The normalized spacial score (nSPS) is 12.6.